The molecule has 4 atom stereocenters. The monoisotopic (exact) mass is 436 g/mol. The van der Waals surface area contributed by atoms with Crippen molar-refractivity contribution in [1.29, 1.82) is 0 Å². The van der Waals surface area contributed by atoms with Crippen LogP contribution in [0.15, 0.2) is 0 Å². The van der Waals surface area contributed by atoms with Gasteiger partial charge in [-0.2, -0.15) is 0 Å². The first-order valence-corrected chi connectivity index (χ1v) is 10.5. The maximum atomic E-state index is 11.9. The van der Waals surface area contributed by atoms with E-state index in [0.29, 0.717) is 25.0 Å². The van der Waals surface area contributed by atoms with Crippen molar-refractivity contribution in [3.63, 3.8) is 0 Å². The first-order valence-electron chi connectivity index (χ1n) is 10.5. The zero-order valence-corrected chi connectivity index (χ0v) is 18.5. The van der Waals surface area contributed by atoms with Crippen LogP contribution in [0, 0.1) is 11.8 Å². The molecule has 0 heterocycles. The second-order valence-electron chi connectivity index (χ2n) is 8.04. The summed E-state index contributed by atoms with van der Waals surface area (Å²) >= 11 is 0. The third kappa shape index (κ3) is 13.1. The molecule has 0 radical (unpaired) electrons. The van der Waals surface area contributed by atoms with Gasteiger partial charge in [-0.15, -0.1) is 0 Å². The fourth-order valence-electron chi connectivity index (χ4n) is 2.23. The van der Waals surface area contributed by atoms with E-state index in [-0.39, 0.29) is 26.3 Å². The Balaban J connectivity index is 4.16. The molecular weight excluding hydrogens is 396 g/mol. The Morgan fingerprint density at radius 1 is 0.667 bits per heavy atom. The molecule has 10 nitrogen and oxygen atoms in total. The molecule has 0 rings (SSSR count). The minimum absolute atomic E-state index is 0.108. The van der Waals surface area contributed by atoms with E-state index in [1.807, 2.05) is 0 Å². The average molecular weight is 437 g/mol. The number of rotatable bonds is 17. The second kappa shape index (κ2) is 16.4. The lowest BCUT2D eigenvalue weighted by atomic mass is 10.0. The molecule has 0 aromatic heterocycles. The van der Waals surface area contributed by atoms with Crippen molar-refractivity contribution >= 4 is 11.8 Å². The third-order valence-corrected chi connectivity index (χ3v) is 4.30. The van der Waals surface area contributed by atoms with Gasteiger partial charge in [-0.3, -0.25) is 9.59 Å². The van der Waals surface area contributed by atoms with Crippen molar-refractivity contribution in [2.75, 3.05) is 39.5 Å². The first kappa shape index (κ1) is 28.7. The number of hydrogen-bond donors (Lipinski definition) is 6. The first-order chi connectivity index (χ1) is 14.1. The van der Waals surface area contributed by atoms with E-state index in [0.717, 1.165) is 12.8 Å². The molecule has 0 aliphatic carbocycles. The van der Waals surface area contributed by atoms with Gasteiger partial charge in [-0.05, 0) is 24.7 Å². The fraction of sp³-hybridized carbons (Fsp3) is 0.900. The SMILES string of the molecule is CC(C)CCOCCNC(=O)[C@@H](O)[C@H](O)[C@H](O)[C@@H](O)C(=O)NCCOCCC(C)C. The summed E-state index contributed by atoms with van der Waals surface area (Å²) in [7, 11) is 0. The van der Waals surface area contributed by atoms with Crippen molar-refractivity contribution < 1.29 is 39.5 Å². The van der Waals surface area contributed by atoms with Gasteiger partial charge in [0.1, 0.15) is 12.2 Å². The molecule has 0 saturated heterocycles. The fourth-order valence-corrected chi connectivity index (χ4v) is 2.23. The average Bonchev–Trinajstić information content (AvgIpc) is 2.69. The Morgan fingerprint density at radius 3 is 1.30 bits per heavy atom. The molecule has 178 valence electrons. The molecule has 0 aromatic carbocycles. The molecule has 2 amide bonds. The summed E-state index contributed by atoms with van der Waals surface area (Å²) < 4.78 is 10.6. The number of nitrogens with one attached hydrogen (secondary N) is 2. The smallest absolute Gasteiger partial charge is 0.251 e. The maximum Gasteiger partial charge on any atom is 0.251 e. The van der Waals surface area contributed by atoms with Crippen LogP contribution in [-0.2, 0) is 19.1 Å². The van der Waals surface area contributed by atoms with E-state index in [4.69, 9.17) is 9.47 Å². The summed E-state index contributed by atoms with van der Waals surface area (Å²) in [6.07, 6.45) is -6.36. The Kier molecular flexibility index (Phi) is 15.7. The van der Waals surface area contributed by atoms with E-state index >= 15 is 0 Å². The van der Waals surface area contributed by atoms with Crippen LogP contribution in [0.5, 0.6) is 0 Å². The molecule has 0 saturated carbocycles. The Bertz CT molecular complexity index is 434. The standard InChI is InChI=1S/C20H40N2O8/c1-13(2)5-9-29-11-7-21-19(27)17(25)15(23)16(24)18(26)20(28)22-8-12-30-10-6-14(3)4/h13-18,23-26H,5-12H2,1-4H3,(H,21,27)(H,22,28)/t15-,16+,17+,18-. The predicted molar refractivity (Wildman–Crippen MR) is 111 cm³/mol. The van der Waals surface area contributed by atoms with Gasteiger partial charge in [0.2, 0.25) is 0 Å². The summed E-state index contributed by atoms with van der Waals surface area (Å²) in [5, 5.41) is 44.2. The minimum atomic E-state index is -2.05. The molecule has 0 fully saturated rings. The van der Waals surface area contributed by atoms with Crippen LogP contribution < -0.4 is 10.6 Å². The quantitative estimate of drug-likeness (QED) is 0.155. The summed E-state index contributed by atoms with van der Waals surface area (Å²) in [6.45, 7) is 10.0. The molecule has 0 aromatic rings. The van der Waals surface area contributed by atoms with Crippen molar-refractivity contribution in [1.82, 2.24) is 10.6 Å². The molecule has 0 unspecified atom stereocenters. The topological polar surface area (TPSA) is 158 Å². The number of carbonyl (C=O) groups excluding carboxylic acids is 2. The van der Waals surface area contributed by atoms with Crippen LogP contribution in [0.3, 0.4) is 0 Å². The van der Waals surface area contributed by atoms with E-state index in [1.165, 1.54) is 0 Å². The second-order valence-corrected chi connectivity index (χ2v) is 8.04. The number of ether oxygens (including phenoxy) is 2. The molecule has 0 aliphatic heterocycles. The minimum Gasteiger partial charge on any atom is -0.387 e. The van der Waals surface area contributed by atoms with Gasteiger partial charge < -0.3 is 40.5 Å². The predicted octanol–water partition coefficient (Wildman–Crippen LogP) is -1.21. The van der Waals surface area contributed by atoms with Crippen LogP contribution in [-0.4, -0.2) is 96.2 Å². The Labute approximate surface area is 178 Å². The van der Waals surface area contributed by atoms with Crippen molar-refractivity contribution in [2.24, 2.45) is 11.8 Å². The van der Waals surface area contributed by atoms with Gasteiger partial charge >= 0.3 is 0 Å². The Morgan fingerprint density at radius 2 is 1.00 bits per heavy atom. The van der Waals surface area contributed by atoms with E-state index in [9.17, 15) is 30.0 Å². The number of carbonyl (C=O) groups is 2. The lowest BCUT2D eigenvalue weighted by molar-refractivity contribution is -0.155. The van der Waals surface area contributed by atoms with Gasteiger partial charge in [-0.25, -0.2) is 0 Å². The van der Waals surface area contributed by atoms with Gasteiger partial charge in [0.05, 0.1) is 13.2 Å². The number of hydrogen-bond acceptors (Lipinski definition) is 8. The normalized spacial score (nSPS) is 15.7. The van der Waals surface area contributed by atoms with Crippen LogP contribution in [0.1, 0.15) is 40.5 Å². The third-order valence-electron chi connectivity index (χ3n) is 4.30. The Hall–Kier alpha value is -1.30. The zero-order valence-electron chi connectivity index (χ0n) is 18.5. The van der Waals surface area contributed by atoms with Crippen molar-refractivity contribution in [3.8, 4) is 0 Å². The molecular formula is C20H40N2O8. The number of aliphatic hydroxyl groups excluding tert-OH is 4. The van der Waals surface area contributed by atoms with E-state index in [1.54, 1.807) is 0 Å². The highest BCUT2D eigenvalue weighted by Gasteiger charge is 2.37. The molecule has 0 aliphatic rings. The highest BCUT2D eigenvalue weighted by molar-refractivity contribution is 5.83. The van der Waals surface area contributed by atoms with Gasteiger partial charge in [0.25, 0.3) is 11.8 Å². The summed E-state index contributed by atoms with van der Waals surface area (Å²) in [4.78, 5) is 23.7. The highest BCUT2D eigenvalue weighted by Crippen LogP contribution is 2.06. The molecule has 30 heavy (non-hydrogen) atoms. The van der Waals surface area contributed by atoms with E-state index < -0.39 is 36.2 Å². The van der Waals surface area contributed by atoms with Crippen LogP contribution in [0.4, 0.5) is 0 Å². The van der Waals surface area contributed by atoms with Gasteiger partial charge in [0, 0.05) is 26.3 Å². The summed E-state index contributed by atoms with van der Waals surface area (Å²) in [5.41, 5.74) is 0. The van der Waals surface area contributed by atoms with Crippen molar-refractivity contribution in [3.05, 3.63) is 0 Å². The van der Waals surface area contributed by atoms with E-state index in [2.05, 4.69) is 38.3 Å². The largest absolute Gasteiger partial charge is 0.387 e. The number of amides is 2. The van der Waals surface area contributed by atoms with Gasteiger partial charge in [-0.1, -0.05) is 27.7 Å². The summed E-state index contributed by atoms with van der Waals surface area (Å²) in [6, 6.07) is 0. The molecule has 10 heteroatoms. The molecule has 6 N–H and O–H groups in total. The zero-order chi connectivity index (χ0) is 23.1. The summed E-state index contributed by atoms with van der Waals surface area (Å²) in [5.74, 6) is -0.890. The molecule has 0 spiro atoms. The number of aliphatic hydroxyl groups is 4. The lowest BCUT2D eigenvalue weighted by Gasteiger charge is -2.25. The van der Waals surface area contributed by atoms with Gasteiger partial charge in [0.15, 0.2) is 12.2 Å². The van der Waals surface area contributed by atoms with Crippen LogP contribution in [0.2, 0.25) is 0 Å². The van der Waals surface area contributed by atoms with Crippen LogP contribution >= 0.6 is 0 Å². The van der Waals surface area contributed by atoms with Crippen molar-refractivity contribution in [2.45, 2.75) is 65.0 Å². The molecule has 0 bridgehead atoms. The maximum absolute atomic E-state index is 11.9. The van der Waals surface area contributed by atoms with Crippen LogP contribution in [0.25, 0.3) is 0 Å². The lowest BCUT2D eigenvalue weighted by Crippen LogP contribution is -2.54. The highest BCUT2D eigenvalue weighted by atomic mass is 16.5.